The SMILES string of the molecule is Cc1ccc(N)c(C(=O)c2ccc(NS(C)(=O)=O)cc2)c1. The van der Waals surface area contributed by atoms with Gasteiger partial charge in [-0.15, -0.1) is 0 Å². The molecule has 0 amide bonds. The summed E-state index contributed by atoms with van der Waals surface area (Å²) in [5.41, 5.74) is 8.50. The summed E-state index contributed by atoms with van der Waals surface area (Å²) >= 11 is 0. The van der Waals surface area contributed by atoms with Crippen LogP contribution >= 0.6 is 0 Å². The van der Waals surface area contributed by atoms with Crippen LogP contribution in [0.1, 0.15) is 21.5 Å². The lowest BCUT2D eigenvalue weighted by Crippen LogP contribution is -2.10. The van der Waals surface area contributed by atoms with Crippen molar-refractivity contribution in [2.24, 2.45) is 0 Å². The van der Waals surface area contributed by atoms with Gasteiger partial charge < -0.3 is 5.73 Å². The fourth-order valence-corrected chi connectivity index (χ4v) is 2.49. The first kappa shape index (κ1) is 15.1. The van der Waals surface area contributed by atoms with Crippen LogP contribution in [0.5, 0.6) is 0 Å². The molecule has 0 saturated carbocycles. The molecule has 0 aromatic heterocycles. The molecule has 110 valence electrons. The van der Waals surface area contributed by atoms with Gasteiger partial charge in [-0.3, -0.25) is 9.52 Å². The molecule has 0 heterocycles. The molecule has 0 aliphatic carbocycles. The van der Waals surface area contributed by atoms with Gasteiger partial charge in [0.15, 0.2) is 5.78 Å². The van der Waals surface area contributed by atoms with Crippen LogP contribution in [0, 0.1) is 6.92 Å². The van der Waals surface area contributed by atoms with Crippen molar-refractivity contribution in [3.05, 3.63) is 59.2 Å². The van der Waals surface area contributed by atoms with Crippen molar-refractivity contribution >= 4 is 27.2 Å². The Kier molecular flexibility index (Phi) is 3.99. The standard InChI is InChI=1S/C15H16N2O3S/c1-10-3-8-14(16)13(9-10)15(18)11-4-6-12(7-5-11)17-21(2,19)20/h3-9,17H,16H2,1-2H3. The fourth-order valence-electron chi connectivity index (χ4n) is 1.93. The number of hydrogen-bond acceptors (Lipinski definition) is 4. The third kappa shape index (κ3) is 3.82. The highest BCUT2D eigenvalue weighted by molar-refractivity contribution is 7.92. The van der Waals surface area contributed by atoms with Gasteiger partial charge >= 0.3 is 0 Å². The van der Waals surface area contributed by atoms with E-state index in [0.717, 1.165) is 11.8 Å². The van der Waals surface area contributed by atoms with Crippen LogP contribution in [0.4, 0.5) is 11.4 Å². The number of nitrogens with two attached hydrogens (primary N) is 1. The number of aryl methyl sites for hydroxylation is 1. The van der Waals surface area contributed by atoms with Crippen molar-refractivity contribution in [2.45, 2.75) is 6.92 Å². The molecule has 2 aromatic carbocycles. The first-order chi connectivity index (χ1) is 9.76. The zero-order valence-electron chi connectivity index (χ0n) is 11.8. The van der Waals surface area contributed by atoms with Gasteiger partial charge in [0.2, 0.25) is 10.0 Å². The quantitative estimate of drug-likeness (QED) is 0.669. The second kappa shape index (κ2) is 5.57. The Hall–Kier alpha value is -2.34. The van der Waals surface area contributed by atoms with Crippen LogP contribution in [-0.2, 0) is 10.0 Å². The first-order valence-electron chi connectivity index (χ1n) is 6.25. The van der Waals surface area contributed by atoms with E-state index in [1.165, 1.54) is 0 Å². The molecule has 0 radical (unpaired) electrons. The Morgan fingerprint density at radius 1 is 1.10 bits per heavy atom. The topological polar surface area (TPSA) is 89.3 Å². The summed E-state index contributed by atoms with van der Waals surface area (Å²) in [6, 6.07) is 11.5. The molecule has 0 saturated heterocycles. The molecule has 21 heavy (non-hydrogen) atoms. The van der Waals surface area contributed by atoms with Crippen molar-refractivity contribution in [2.75, 3.05) is 16.7 Å². The lowest BCUT2D eigenvalue weighted by molar-refractivity contribution is 0.103. The Balaban J connectivity index is 2.30. The smallest absolute Gasteiger partial charge is 0.229 e. The summed E-state index contributed by atoms with van der Waals surface area (Å²) in [7, 11) is -3.33. The van der Waals surface area contributed by atoms with Gasteiger partial charge in [0.1, 0.15) is 0 Å². The van der Waals surface area contributed by atoms with Crippen LogP contribution in [-0.4, -0.2) is 20.5 Å². The average molecular weight is 304 g/mol. The van der Waals surface area contributed by atoms with E-state index in [4.69, 9.17) is 5.73 Å². The molecule has 3 N–H and O–H groups in total. The van der Waals surface area contributed by atoms with Crippen molar-refractivity contribution in [1.29, 1.82) is 0 Å². The maximum atomic E-state index is 12.4. The van der Waals surface area contributed by atoms with E-state index in [1.54, 1.807) is 36.4 Å². The Morgan fingerprint density at radius 2 is 1.71 bits per heavy atom. The molecule has 5 nitrogen and oxygen atoms in total. The zero-order chi connectivity index (χ0) is 15.6. The second-order valence-electron chi connectivity index (χ2n) is 4.87. The minimum absolute atomic E-state index is 0.192. The van der Waals surface area contributed by atoms with Crippen LogP contribution in [0.2, 0.25) is 0 Å². The summed E-state index contributed by atoms with van der Waals surface area (Å²) in [5.74, 6) is -0.192. The van der Waals surface area contributed by atoms with E-state index in [1.807, 2.05) is 13.0 Å². The van der Waals surface area contributed by atoms with Crippen molar-refractivity contribution < 1.29 is 13.2 Å². The summed E-state index contributed by atoms with van der Waals surface area (Å²) in [6.45, 7) is 1.88. The Morgan fingerprint density at radius 3 is 2.29 bits per heavy atom. The number of benzene rings is 2. The first-order valence-corrected chi connectivity index (χ1v) is 8.14. The molecule has 2 aromatic rings. The minimum atomic E-state index is -3.33. The number of carbonyl (C=O) groups is 1. The Labute approximate surface area is 123 Å². The summed E-state index contributed by atoms with van der Waals surface area (Å²) < 4.78 is 24.6. The minimum Gasteiger partial charge on any atom is -0.398 e. The van der Waals surface area contributed by atoms with E-state index in [0.29, 0.717) is 22.5 Å². The van der Waals surface area contributed by atoms with Crippen molar-refractivity contribution in [3.8, 4) is 0 Å². The highest BCUT2D eigenvalue weighted by Gasteiger charge is 2.13. The maximum Gasteiger partial charge on any atom is 0.229 e. The third-order valence-electron chi connectivity index (χ3n) is 2.90. The summed E-state index contributed by atoms with van der Waals surface area (Å²) in [6.07, 6.45) is 1.07. The number of nitrogens with one attached hydrogen (secondary N) is 1. The molecule has 0 spiro atoms. The number of ketones is 1. The Bertz CT molecular complexity index is 781. The number of nitrogen functional groups attached to an aromatic ring is 1. The molecule has 0 fully saturated rings. The van der Waals surface area contributed by atoms with Gasteiger partial charge in [-0.1, -0.05) is 11.6 Å². The van der Waals surface area contributed by atoms with Gasteiger partial charge in [0.05, 0.1) is 6.26 Å². The number of sulfonamides is 1. The molecule has 2 rings (SSSR count). The number of carbonyl (C=O) groups excluding carboxylic acids is 1. The molecule has 0 unspecified atom stereocenters. The van der Waals surface area contributed by atoms with E-state index >= 15 is 0 Å². The van der Waals surface area contributed by atoms with Crippen molar-refractivity contribution in [1.82, 2.24) is 0 Å². The predicted octanol–water partition coefficient (Wildman–Crippen LogP) is 2.18. The summed E-state index contributed by atoms with van der Waals surface area (Å²) in [5, 5.41) is 0. The largest absolute Gasteiger partial charge is 0.398 e. The van der Waals surface area contributed by atoms with Gasteiger partial charge in [-0.05, 0) is 43.3 Å². The van der Waals surface area contributed by atoms with Crippen LogP contribution < -0.4 is 10.5 Å². The average Bonchev–Trinajstić information content (AvgIpc) is 2.40. The predicted molar refractivity (Wildman–Crippen MR) is 83.9 cm³/mol. The maximum absolute atomic E-state index is 12.4. The molecule has 0 atom stereocenters. The van der Waals surface area contributed by atoms with Crippen LogP contribution in [0.3, 0.4) is 0 Å². The fraction of sp³-hybridized carbons (Fsp3) is 0.133. The van der Waals surface area contributed by atoms with Crippen LogP contribution in [0.25, 0.3) is 0 Å². The molecular weight excluding hydrogens is 288 g/mol. The van der Waals surface area contributed by atoms with Gasteiger partial charge in [-0.2, -0.15) is 0 Å². The van der Waals surface area contributed by atoms with E-state index < -0.39 is 10.0 Å². The monoisotopic (exact) mass is 304 g/mol. The van der Waals surface area contributed by atoms with Gasteiger partial charge in [0, 0.05) is 22.5 Å². The number of hydrogen-bond donors (Lipinski definition) is 2. The molecule has 0 bridgehead atoms. The summed E-state index contributed by atoms with van der Waals surface area (Å²) in [4.78, 5) is 12.4. The van der Waals surface area contributed by atoms with E-state index in [2.05, 4.69) is 4.72 Å². The third-order valence-corrected chi connectivity index (χ3v) is 3.51. The zero-order valence-corrected chi connectivity index (χ0v) is 12.6. The molecule has 6 heteroatoms. The van der Waals surface area contributed by atoms with Gasteiger partial charge in [-0.25, -0.2) is 8.42 Å². The number of rotatable bonds is 4. The van der Waals surface area contributed by atoms with Crippen molar-refractivity contribution in [3.63, 3.8) is 0 Å². The lowest BCUT2D eigenvalue weighted by atomic mass is 10.00. The molecule has 0 aliphatic heterocycles. The highest BCUT2D eigenvalue weighted by atomic mass is 32.2. The normalized spacial score (nSPS) is 11.1. The lowest BCUT2D eigenvalue weighted by Gasteiger charge is -2.08. The second-order valence-corrected chi connectivity index (χ2v) is 6.62. The van der Waals surface area contributed by atoms with Crippen LogP contribution in [0.15, 0.2) is 42.5 Å². The highest BCUT2D eigenvalue weighted by Crippen LogP contribution is 2.19. The van der Waals surface area contributed by atoms with E-state index in [-0.39, 0.29) is 5.78 Å². The van der Waals surface area contributed by atoms with E-state index in [9.17, 15) is 13.2 Å². The molecule has 0 aliphatic rings. The number of anilines is 2. The molecular formula is C15H16N2O3S. The van der Waals surface area contributed by atoms with Gasteiger partial charge in [0.25, 0.3) is 0 Å².